The minimum Gasteiger partial charge on any atom is -0.397 e. The van der Waals surface area contributed by atoms with Crippen molar-refractivity contribution < 1.29 is 4.79 Å². The van der Waals surface area contributed by atoms with Gasteiger partial charge < -0.3 is 10.6 Å². The Labute approximate surface area is 116 Å². The number of hydrogen-bond donors (Lipinski definition) is 1. The van der Waals surface area contributed by atoms with E-state index in [0.717, 1.165) is 10.1 Å². The molecule has 0 saturated carbocycles. The molecule has 98 valence electrons. The van der Waals surface area contributed by atoms with Gasteiger partial charge in [-0.1, -0.05) is 30.4 Å². The number of carbonyl (C=O) groups excluding carboxylic acids is 1. The van der Waals surface area contributed by atoms with Crippen LogP contribution in [0.2, 0.25) is 0 Å². The summed E-state index contributed by atoms with van der Waals surface area (Å²) >= 11 is 1.43. The van der Waals surface area contributed by atoms with Gasteiger partial charge in [0.25, 0.3) is 5.91 Å². The van der Waals surface area contributed by atoms with Crippen molar-refractivity contribution in [2.45, 2.75) is 0 Å². The summed E-state index contributed by atoms with van der Waals surface area (Å²) in [6.07, 6.45) is 3.40. The summed E-state index contributed by atoms with van der Waals surface area (Å²) < 4.78 is 1.03. The van der Waals surface area contributed by atoms with Crippen LogP contribution in [0.3, 0.4) is 0 Å². The Morgan fingerprint density at radius 1 is 1.26 bits per heavy atom. The first-order valence-corrected chi connectivity index (χ1v) is 6.78. The second-order valence-electron chi connectivity index (χ2n) is 4.13. The minimum atomic E-state index is -0.0708. The highest BCUT2D eigenvalue weighted by Gasteiger charge is 2.20. The molecule has 4 heteroatoms. The fraction of sp³-hybridized carbons (Fsp3) is 0.133. The van der Waals surface area contributed by atoms with Crippen molar-refractivity contribution in [3.8, 4) is 0 Å². The molecule has 19 heavy (non-hydrogen) atoms. The van der Waals surface area contributed by atoms with E-state index in [1.807, 2.05) is 24.3 Å². The van der Waals surface area contributed by atoms with E-state index in [1.54, 1.807) is 17.1 Å². The third-order valence-corrected chi connectivity index (χ3v) is 3.99. The van der Waals surface area contributed by atoms with Crippen LogP contribution in [0.15, 0.2) is 49.6 Å². The smallest absolute Gasteiger partial charge is 0.266 e. The van der Waals surface area contributed by atoms with E-state index in [-0.39, 0.29) is 5.91 Å². The fourth-order valence-corrected chi connectivity index (χ4v) is 3.01. The Kier molecular flexibility index (Phi) is 4.02. The van der Waals surface area contributed by atoms with E-state index in [2.05, 4.69) is 13.2 Å². The molecule has 0 spiro atoms. The van der Waals surface area contributed by atoms with E-state index in [0.29, 0.717) is 23.7 Å². The maximum Gasteiger partial charge on any atom is 0.266 e. The molecule has 2 aromatic rings. The molecule has 2 rings (SSSR count). The number of amides is 1. The van der Waals surface area contributed by atoms with Gasteiger partial charge in [0.1, 0.15) is 4.88 Å². The standard InChI is InChI=1S/C15H16N2OS/c1-3-9-17(10-4-2)15(18)14-13(16)11-7-5-6-8-12(11)19-14/h3-8H,1-2,9-10,16H2. The fourth-order valence-electron chi connectivity index (χ4n) is 1.92. The van der Waals surface area contributed by atoms with Crippen LogP contribution in [-0.4, -0.2) is 23.9 Å². The highest BCUT2D eigenvalue weighted by atomic mass is 32.1. The summed E-state index contributed by atoms with van der Waals surface area (Å²) in [5.41, 5.74) is 6.64. The maximum absolute atomic E-state index is 12.5. The maximum atomic E-state index is 12.5. The number of anilines is 1. The molecule has 1 aromatic heterocycles. The summed E-state index contributed by atoms with van der Waals surface area (Å²) in [6, 6.07) is 7.77. The Morgan fingerprint density at radius 2 is 1.89 bits per heavy atom. The zero-order valence-corrected chi connectivity index (χ0v) is 11.5. The molecule has 0 radical (unpaired) electrons. The van der Waals surface area contributed by atoms with Crippen LogP contribution in [0.1, 0.15) is 9.67 Å². The second kappa shape index (κ2) is 5.71. The Balaban J connectivity index is 2.42. The number of nitrogens with two attached hydrogens (primary N) is 1. The summed E-state index contributed by atoms with van der Waals surface area (Å²) in [5, 5.41) is 0.938. The number of carbonyl (C=O) groups is 1. The van der Waals surface area contributed by atoms with Crippen LogP contribution in [0, 0.1) is 0 Å². The van der Waals surface area contributed by atoms with Crippen molar-refractivity contribution in [2.24, 2.45) is 0 Å². The molecule has 0 atom stereocenters. The molecule has 1 amide bonds. The van der Waals surface area contributed by atoms with Gasteiger partial charge in [0.15, 0.2) is 0 Å². The molecule has 0 unspecified atom stereocenters. The first kappa shape index (κ1) is 13.4. The molecule has 1 heterocycles. The van der Waals surface area contributed by atoms with Gasteiger partial charge in [-0.25, -0.2) is 0 Å². The van der Waals surface area contributed by atoms with Crippen molar-refractivity contribution in [2.75, 3.05) is 18.8 Å². The topological polar surface area (TPSA) is 46.3 Å². The molecule has 3 nitrogen and oxygen atoms in total. The van der Waals surface area contributed by atoms with Crippen LogP contribution in [0.5, 0.6) is 0 Å². The van der Waals surface area contributed by atoms with E-state index >= 15 is 0 Å². The van der Waals surface area contributed by atoms with Crippen LogP contribution >= 0.6 is 11.3 Å². The largest absolute Gasteiger partial charge is 0.397 e. The minimum absolute atomic E-state index is 0.0708. The van der Waals surface area contributed by atoms with Crippen LogP contribution < -0.4 is 5.73 Å². The lowest BCUT2D eigenvalue weighted by Gasteiger charge is -2.18. The molecular weight excluding hydrogens is 256 g/mol. The summed E-state index contributed by atoms with van der Waals surface area (Å²) in [7, 11) is 0. The van der Waals surface area contributed by atoms with Gasteiger partial charge in [-0.15, -0.1) is 24.5 Å². The summed E-state index contributed by atoms with van der Waals surface area (Å²) in [5.74, 6) is -0.0708. The van der Waals surface area contributed by atoms with E-state index in [4.69, 9.17) is 5.73 Å². The lowest BCUT2D eigenvalue weighted by molar-refractivity contribution is 0.0796. The quantitative estimate of drug-likeness (QED) is 0.849. The molecule has 0 aliphatic carbocycles. The van der Waals surface area contributed by atoms with Crippen LogP contribution in [0.4, 0.5) is 5.69 Å². The number of thiophene rings is 1. The lowest BCUT2D eigenvalue weighted by atomic mass is 10.2. The number of nitrogens with zero attached hydrogens (tertiary/aromatic N) is 1. The third-order valence-electron chi connectivity index (χ3n) is 2.81. The van der Waals surface area contributed by atoms with Crippen molar-refractivity contribution in [1.29, 1.82) is 0 Å². The van der Waals surface area contributed by atoms with Crippen LogP contribution in [0.25, 0.3) is 10.1 Å². The van der Waals surface area contributed by atoms with E-state index in [9.17, 15) is 4.79 Å². The zero-order valence-electron chi connectivity index (χ0n) is 10.6. The molecule has 0 fully saturated rings. The second-order valence-corrected chi connectivity index (χ2v) is 5.18. The van der Waals surface area contributed by atoms with Gasteiger partial charge in [0.05, 0.1) is 5.69 Å². The monoisotopic (exact) mass is 272 g/mol. The molecule has 2 N–H and O–H groups in total. The molecular formula is C15H16N2OS. The normalized spacial score (nSPS) is 10.3. The third kappa shape index (κ3) is 2.53. The summed E-state index contributed by atoms with van der Waals surface area (Å²) in [4.78, 5) is 14.7. The van der Waals surface area contributed by atoms with Crippen molar-refractivity contribution in [3.63, 3.8) is 0 Å². The van der Waals surface area contributed by atoms with Crippen LogP contribution in [-0.2, 0) is 0 Å². The Bertz CT molecular complexity index is 620. The number of hydrogen-bond acceptors (Lipinski definition) is 3. The van der Waals surface area contributed by atoms with Gasteiger partial charge >= 0.3 is 0 Å². The van der Waals surface area contributed by atoms with Gasteiger partial charge in [0, 0.05) is 23.2 Å². The zero-order chi connectivity index (χ0) is 13.8. The Morgan fingerprint density at radius 3 is 2.47 bits per heavy atom. The van der Waals surface area contributed by atoms with Crippen molar-refractivity contribution in [3.05, 3.63) is 54.5 Å². The number of rotatable bonds is 5. The lowest BCUT2D eigenvalue weighted by Crippen LogP contribution is -2.31. The SMILES string of the molecule is C=CCN(CC=C)C(=O)c1sc2ccccc2c1N. The average molecular weight is 272 g/mol. The number of benzene rings is 1. The molecule has 1 aromatic carbocycles. The van der Waals surface area contributed by atoms with Crippen molar-refractivity contribution in [1.82, 2.24) is 4.90 Å². The van der Waals surface area contributed by atoms with Crippen molar-refractivity contribution >= 4 is 33.0 Å². The van der Waals surface area contributed by atoms with Gasteiger partial charge in [-0.2, -0.15) is 0 Å². The van der Waals surface area contributed by atoms with Gasteiger partial charge in [0.2, 0.25) is 0 Å². The summed E-state index contributed by atoms with van der Waals surface area (Å²) in [6.45, 7) is 8.31. The van der Waals surface area contributed by atoms with Gasteiger partial charge in [-0.05, 0) is 6.07 Å². The molecule has 0 aliphatic rings. The predicted octanol–water partition coefficient (Wildman–Crippen LogP) is 3.30. The Hall–Kier alpha value is -2.07. The van der Waals surface area contributed by atoms with E-state index in [1.165, 1.54) is 11.3 Å². The first-order chi connectivity index (χ1) is 9.19. The van der Waals surface area contributed by atoms with E-state index < -0.39 is 0 Å². The highest BCUT2D eigenvalue weighted by Crippen LogP contribution is 2.34. The average Bonchev–Trinajstić information content (AvgIpc) is 2.76. The number of fused-ring (bicyclic) bond motifs is 1. The van der Waals surface area contributed by atoms with Gasteiger partial charge in [-0.3, -0.25) is 4.79 Å². The molecule has 0 aliphatic heterocycles. The first-order valence-electron chi connectivity index (χ1n) is 5.97. The number of nitrogen functional groups attached to an aromatic ring is 1. The highest BCUT2D eigenvalue weighted by molar-refractivity contribution is 7.21. The molecule has 0 saturated heterocycles. The molecule has 0 bridgehead atoms. The predicted molar refractivity (Wildman–Crippen MR) is 82.5 cm³/mol.